The minimum atomic E-state index is -0.253. The summed E-state index contributed by atoms with van der Waals surface area (Å²) in [4.78, 5) is 17.1. The molecule has 0 N–H and O–H groups in total. The topological polar surface area (TPSA) is 41.4 Å². The zero-order valence-electron chi connectivity index (χ0n) is 15.1. The van der Waals surface area contributed by atoms with Crippen molar-refractivity contribution in [2.24, 2.45) is 0 Å². The normalized spacial score (nSPS) is 16.9. The van der Waals surface area contributed by atoms with Crippen LogP contribution in [-0.4, -0.2) is 51.7 Å². The van der Waals surface area contributed by atoms with Crippen molar-refractivity contribution >= 4 is 17.5 Å². The molecule has 0 unspecified atom stereocenters. The van der Waals surface area contributed by atoms with Gasteiger partial charge in [0.25, 0.3) is 0 Å². The quantitative estimate of drug-likeness (QED) is 0.841. The van der Waals surface area contributed by atoms with Crippen LogP contribution >= 0.6 is 11.6 Å². The van der Waals surface area contributed by atoms with E-state index < -0.39 is 0 Å². The summed E-state index contributed by atoms with van der Waals surface area (Å²) in [6.45, 7) is 10.1. The molecule has 5 nitrogen and oxygen atoms in total. The number of benzene rings is 1. The molecule has 1 aliphatic heterocycles. The largest absolute Gasteiger partial charge is 0.338 e. The van der Waals surface area contributed by atoms with Gasteiger partial charge in [-0.05, 0) is 44.5 Å². The number of piperazine rings is 1. The number of carbonyl (C=O) groups excluding carboxylic acids is 1. The highest BCUT2D eigenvalue weighted by Crippen LogP contribution is 2.17. The summed E-state index contributed by atoms with van der Waals surface area (Å²) in [6, 6.07) is 9.72. The average molecular weight is 361 g/mol. The van der Waals surface area contributed by atoms with Crippen LogP contribution in [-0.2, 0) is 11.3 Å². The van der Waals surface area contributed by atoms with E-state index in [1.165, 1.54) is 5.56 Å². The van der Waals surface area contributed by atoms with Gasteiger partial charge < -0.3 is 4.90 Å². The molecule has 1 aromatic heterocycles. The van der Waals surface area contributed by atoms with Gasteiger partial charge >= 0.3 is 0 Å². The number of aryl methyl sites for hydroxylation is 2. The molecule has 2 heterocycles. The minimum Gasteiger partial charge on any atom is -0.338 e. The Morgan fingerprint density at radius 2 is 1.80 bits per heavy atom. The third kappa shape index (κ3) is 4.22. The van der Waals surface area contributed by atoms with Gasteiger partial charge in [-0.15, -0.1) is 0 Å². The highest BCUT2D eigenvalue weighted by molar-refractivity contribution is 6.30. The number of nitrogens with zero attached hydrogens (tertiary/aromatic N) is 4. The van der Waals surface area contributed by atoms with E-state index in [2.05, 4.69) is 22.1 Å². The van der Waals surface area contributed by atoms with Gasteiger partial charge in [0.2, 0.25) is 5.91 Å². The fourth-order valence-electron chi connectivity index (χ4n) is 3.38. The molecule has 0 bridgehead atoms. The van der Waals surface area contributed by atoms with E-state index in [0.717, 1.165) is 49.1 Å². The van der Waals surface area contributed by atoms with E-state index in [0.29, 0.717) is 0 Å². The molecule has 1 atom stereocenters. The highest BCUT2D eigenvalue weighted by Gasteiger charge is 2.27. The highest BCUT2D eigenvalue weighted by atomic mass is 35.5. The van der Waals surface area contributed by atoms with Crippen molar-refractivity contribution in [2.45, 2.75) is 33.4 Å². The lowest BCUT2D eigenvalue weighted by molar-refractivity contribution is -0.136. The number of amides is 1. The standard InChI is InChI=1S/C19H25ClN4O/c1-14-12-15(2)24(21-14)16(3)19(25)23-10-8-22(9-11-23)13-17-4-6-18(20)7-5-17/h4-7,12,16H,8-11,13H2,1-3H3/t16-/m0/s1. The second-order valence-corrected chi connectivity index (χ2v) is 7.21. The maximum absolute atomic E-state index is 12.8. The van der Waals surface area contributed by atoms with Crippen LogP contribution in [0.3, 0.4) is 0 Å². The maximum Gasteiger partial charge on any atom is 0.247 e. The van der Waals surface area contributed by atoms with Gasteiger partial charge in [-0.3, -0.25) is 14.4 Å². The first kappa shape index (κ1) is 18.0. The summed E-state index contributed by atoms with van der Waals surface area (Å²) in [7, 11) is 0. The van der Waals surface area contributed by atoms with Crippen molar-refractivity contribution in [1.29, 1.82) is 0 Å². The first-order valence-electron chi connectivity index (χ1n) is 8.72. The summed E-state index contributed by atoms with van der Waals surface area (Å²) in [5.74, 6) is 0.150. The third-order valence-corrected chi connectivity index (χ3v) is 5.02. The number of carbonyl (C=O) groups is 1. The van der Waals surface area contributed by atoms with Crippen molar-refractivity contribution in [2.75, 3.05) is 26.2 Å². The predicted octanol–water partition coefficient (Wildman–Crippen LogP) is 3.06. The Morgan fingerprint density at radius 3 is 2.36 bits per heavy atom. The summed E-state index contributed by atoms with van der Waals surface area (Å²) < 4.78 is 1.83. The molecular formula is C19H25ClN4O. The van der Waals surface area contributed by atoms with E-state index in [-0.39, 0.29) is 11.9 Å². The first-order chi connectivity index (χ1) is 11.9. The monoisotopic (exact) mass is 360 g/mol. The van der Waals surface area contributed by atoms with Gasteiger partial charge in [0.15, 0.2) is 0 Å². The van der Waals surface area contributed by atoms with Crippen LogP contribution in [0.1, 0.15) is 29.9 Å². The fraction of sp³-hybridized carbons (Fsp3) is 0.474. The Balaban J connectivity index is 1.55. The SMILES string of the molecule is Cc1cc(C)n([C@@H](C)C(=O)N2CCN(Cc3ccc(Cl)cc3)CC2)n1. The molecular weight excluding hydrogens is 336 g/mol. The van der Waals surface area contributed by atoms with E-state index in [4.69, 9.17) is 11.6 Å². The Bertz CT molecular complexity index is 732. The van der Waals surface area contributed by atoms with E-state index >= 15 is 0 Å². The van der Waals surface area contributed by atoms with E-state index in [9.17, 15) is 4.79 Å². The molecule has 1 amide bonds. The molecule has 3 rings (SSSR count). The Hall–Kier alpha value is -1.85. The van der Waals surface area contributed by atoms with Gasteiger partial charge in [0, 0.05) is 43.4 Å². The molecule has 0 spiro atoms. The van der Waals surface area contributed by atoms with Crippen LogP contribution in [0.15, 0.2) is 30.3 Å². The van der Waals surface area contributed by atoms with Gasteiger partial charge in [-0.25, -0.2) is 0 Å². The zero-order chi connectivity index (χ0) is 18.0. The number of hydrogen-bond acceptors (Lipinski definition) is 3. The lowest BCUT2D eigenvalue weighted by Gasteiger charge is -2.36. The van der Waals surface area contributed by atoms with Crippen LogP contribution < -0.4 is 0 Å². The number of rotatable bonds is 4. The van der Waals surface area contributed by atoms with E-state index in [1.807, 2.05) is 48.6 Å². The van der Waals surface area contributed by atoms with Gasteiger partial charge in [0.1, 0.15) is 6.04 Å². The molecule has 0 aliphatic carbocycles. The third-order valence-electron chi connectivity index (χ3n) is 4.77. The molecule has 2 aromatic rings. The molecule has 6 heteroatoms. The molecule has 1 aliphatic rings. The second kappa shape index (κ2) is 7.58. The van der Waals surface area contributed by atoms with Crippen LogP contribution in [0.5, 0.6) is 0 Å². The molecule has 1 fully saturated rings. The summed E-state index contributed by atoms with van der Waals surface area (Å²) in [5.41, 5.74) is 3.23. The summed E-state index contributed by atoms with van der Waals surface area (Å²) >= 11 is 5.94. The molecule has 0 radical (unpaired) electrons. The Morgan fingerprint density at radius 1 is 1.16 bits per heavy atom. The molecule has 134 valence electrons. The maximum atomic E-state index is 12.8. The van der Waals surface area contributed by atoms with Gasteiger partial charge in [0.05, 0.1) is 5.69 Å². The molecule has 25 heavy (non-hydrogen) atoms. The second-order valence-electron chi connectivity index (χ2n) is 6.78. The molecule has 0 saturated carbocycles. The van der Waals surface area contributed by atoms with Gasteiger partial charge in [-0.2, -0.15) is 5.10 Å². The Labute approximate surface area is 154 Å². The average Bonchev–Trinajstić information content (AvgIpc) is 2.94. The summed E-state index contributed by atoms with van der Waals surface area (Å²) in [5, 5.41) is 5.21. The zero-order valence-corrected chi connectivity index (χ0v) is 15.8. The minimum absolute atomic E-state index is 0.150. The number of hydrogen-bond donors (Lipinski definition) is 0. The first-order valence-corrected chi connectivity index (χ1v) is 9.10. The van der Waals surface area contributed by atoms with Crippen molar-refractivity contribution in [1.82, 2.24) is 19.6 Å². The smallest absolute Gasteiger partial charge is 0.247 e. The van der Waals surface area contributed by atoms with Crippen LogP contribution in [0, 0.1) is 13.8 Å². The van der Waals surface area contributed by atoms with Crippen LogP contribution in [0.25, 0.3) is 0 Å². The van der Waals surface area contributed by atoms with Crippen molar-refractivity contribution < 1.29 is 4.79 Å². The summed E-state index contributed by atoms with van der Waals surface area (Å²) in [6.07, 6.45) is 0. The van der Waals surface area contributed by atoms with Crippen molar-refractivity contribution in [3.8, 4) is 0 Å². The lowest BCUT2D eigenvalue weighted by Crippen LogP contribution is -2.50. The number of aromatic nitrogens is 2. The Kier molecular flexibility index (Phi) is 5.45. The lowest BCUT2D eigenvalue weighted by atomic mass is 10.2. The van der Waals surface area contributed by atoms with Crippen molar-refractivity contribution in [3.63, 3.8) is 0 Å². The van der Waals surface area contributed by atoms with Crippen LogP contribution in [0.4, 0.5) is 0 Å². The predicted molar refractivity (Wildman–Crippen MR) is 99.7 cm³/mol. The van der Waals surface area contributed by atoms with Crippen molar-refractivity contribution in [3.05, 3.63) is 52.3 Å². The van der Waals surface area contributed by atoms with Crippen LogP contribution in [0.2, 0.25) is 5.02 Å². The molecule has 1 saturated heterocycles. The van der Waals surface area contributed by atoms with Gasteiger partial charge in [-0.1, -0.05) is 23.7 Å². The van der Waals surface area contributed by atoms with E-state index in [1.54, 1.807) is 0 Å². The number of halogens is 1. The molecule has 1 aromatic carbocycles. The fourth-order valence-corrected chi connectivity index (χ4v) is 3.51.